The number of aliphatic carboxylic acids is 1. The van der Waals surface area contributed by atoms with E-state index in [9.17, 15) is 4.79 Å². The van der Waals surface area contributed by atoms with Crippen molar-refractivity contribution in [2.24, 2.45) is 0 Å². The van der Waals surface area contributed by atoms with Crippen molar-refractivity contribution in [1.29, 1.82) is 0 Å². The third kappa shape index (κ3) is 4.93. The summed E-state index contributed by atoms with van der Waals surface area (Å²) in [4.78, 5) is 12.6. The number of carboxylic acid groups (broad SMARTS) is 1. The van der Waals surface area contributed by atoms with E-state index in [1.165, 1.54) is 5.56 Å². The van der Waals surface area contributed by atoms with Crippen molar-refractivity contribution in [3.05, 3.63) is 65.1 Å². The number of hydrogen-bond acceptors (Lipinski definition) is 3. The lowest BCUT2D eigenvalue weighted by atomic mass is 10.1. The molecule has 4 heteroatoms. The van der Waals surface area contributed by atoms with Gasteiger partial charge in [0.1, 0.15) is 11.5 Å². The van der Waals surface area contributed by atoms with Gasteiger partial charge in [0.25, 0.3) is 0 Å². The van der Waals surface area contributed by atoms with Crippen LogP contribution in [0.5, 0.6) is 0 Å². The zero-order valence-electron chi connectivity index (χ0n) is 12.2. The van der Waals surface area contributed by atoms with Gasteiger partial charge < -0.3 is 9.52 Å². The first kappa shape index (κ1) is 15.1. The number of aryl methyl sites for hydroxylation is 1. The molecule has 0 saturated carbocycles. The Labute approximate surface area is 124 Å². The Bertz CT molecular complexity index is 626. The predicted molar refractivity (Wildman–Crippen MR) is 81.7 cm³/mol. The highest BCUT2D eigenvalue weighted by Crippen LogP contribution is 2.12. The van der Waals surface area contributed by atoms with Gasteiger partial charge in [-0.25, -0.2) is 4.79 Å². The summed E-state index contributed by atoms with van der Waals surface area (Å²) in [5.41, 5.74) is 2.05. The molecule has 1 aromatic heterocycles. The van der Waals surface area contributed by atoms with Gasteiger partial charge in [-0.2, -0.15) is 0 Å². The number of carboxylic acids is 1. The molecule has 1 N–H and O–H groups in total. The molecule has 21 heavy (non-hydrogen) atoms. The minimum absolute atomic E-state index is 0.758. The van der Waals surface area contributed by atoms with E-state index in [1.54, 1.807) is 6.08 Å². The van der Waals surface area contributed by atoms with Crippen LogP contribution in [-0.4, -0.2) is 23.0 Å². The zero-order valence-corrected chi connectivity index (χ0v) is 12.2. The number of nitrogens with zero attached hydrogens (tertiary/aromatic N) is 1. The number of rotatable bonds is 6. The van der Waals surface area contributed by atoms with Crippen molar-refractivity contribution < 1.29 is 14.3 Å². The highest BCUT2D eigenvalue weighted by molar-refractivity contribution is 5.85. The number of carbonyl (C=O) groups is 1. The Hall–Kier alpha value is -2.33. The first-order chi connectivity index (χ1) is 10.0. The molecule has 0 unspecified atom stereocenters. The largest absolute Gasteiger partial charge is 0.478 e. The fraction of sp³-hybridized carbons (Fsp3) is 0.235. The standard InChI is InChI=1S/C17H19NO3/c1-13-3-9-16(21-13)12-18(2)11-15-6-4-14(5-7-15)8-10-17(19)20/h3-10H,11-12H2,1-2H3,(H,19,20). The highest BCUT2D eigenvalue weighted by atomic mass is 16.4. The van der Waals surface area contributed by atoms with Gasteiger partial charge in [0.15, 0.2) is 0 Å². The van der Waals surface area contributed by atoms with Gasteiger partial charge in [0.05, 0.1) is 6.54 Å². The molecule has 2 rings (SSSR count). The second-order valence-corrected chi connectivity index (χ2v) is 5.10. The summed E-state index contributed by atoms with van der Waals surface area (Å²) in [6, 6.07) is 11.8. The topological polar surface area (TPSA) is 53.7 Å². The molecule has 0 radical (unpaired) electrons. The summed E-state index contributed by atoms with van der Waals surface area (Å²) in [6.45, 7) is 3.50. The summed E-state index contributed by atoms with van der Waals surface area (Å²) in [6.07, 6.45) is 2.72. The summed E-state index contributed by atoms with van der Waals surface area (Å²) in [5, 5.41) is 8.59. The second kappa shape index (κ2) is 6.90. The van der Waals surface area contributed by atoms with Crippen LogP contribution in [0, 0.1) is 6.92 Å². The van der Waals surface area contributed by atoms with Gasteiger partial charge >= 0.3 is 5.97 Å². The molecule has 0 aliphatic rings. The van der Waals surface area contributed by atoms with E-state index >= 15 is 0 Å². The van der Waals surface area contributed by atoms with Gasteiger partial charge in [-0.3, -0.25) is 4.90 Å². The van der Waals surface area contributed by atoms with Gasteiger partial charge in [-0.1, -0.05) is 24.3 Å². The lowest BCUT2D eigenvalue weighted by Gasteiger charge is -2.15. The minimum atomic E-state index is -0.937. The zero-order chi connectivity index (χ0) is 15.2. The SMILES string of the molecule is Cc1ccc(CN(C)Cc2ccc(C=CC(=O)O)cc2)o1. The van der Waals surface area contributed by atoms with E-state index in [0.29, 0.717) is 0 Å². The molecule has 1 heterocycles. The van der Waals surface area contributed by atoms with E-state index in [-0.39, 0.29) is 0 Å². The Morgan fingerprint density at radius 3 is 2.48 bits per heavy atom. The fourth-order valence-corrected chi connectivity index (χ4v) is 2.11. The first-order valence-electron chi connectivity index (χ1n) is 6.77. The Morgan fingerprint density at radius 2 is 1.90 bits per heavy atom. The van der Waals surface area contributed by atoms with Crippen molar-refractivity contribution in [1.82, 2.24) is 4.90 Å². The molecule has 0 aliphatic heterocycles. The third-order valence-corrected chi connectivity index (χ3v) is 3.07. The molecular weight excluding hydrogens is 266 g/mol. The second-order valence-electron chi connectivity index (χ2n) is 5.10. The van der Waals surface area contributed by atoms with Crippen molar-refractivity contribution in [3.63, 3.8) is 0 Å². The molecule has 2 aromatic rings. The molecule has 0 aliphatic carbocycles. The maximum atomic E-state index is 10.5. The molecule has 0 fully saturated rings. The molecular formula is C17H19NO3. The van der Waals surface area contributed by atoms with Crippen molar-refractivity contribution in [3.8, 4) is 0 Å². The van der Waals surface area contributed by atoms with Crippen LogP contribution in [0.15, 0.2) is 46.9 Å². The van der Waals surface area contributed by atoms with Crippen LogP contribution in [0.1, 0.15) is 22.6 Å². The van der Waals surface area contributed by atoms with Crippen LogP contribution in [0.4, 0.5) is 0 Å². The first-order valence-corrected chi connectivity index (χ1v) is 6.77. The smallest absolute Gasteiger partial charge is 0.328 e. The Kier molecular flexibility index (Phi) is 4.95. The van der Waals surface area contributed by atoms with E-state index in [0.717, 1.165) is 36.2 Å². The maximum Gasteiger partial charge on any atom is 0.328 e. The van der Waals surface area contributed by atoms with Crippen molar-refractivity contribution in [2.75, 3.05) is 7.05 Å². The van der Waals surface area contributed by atoms with Gasteiger partial charge in [0.2, 0.25) is 0 Å². The summed E-state index contributed by atoms with van der Waals surface area (Å²) in [5.74, 6) is 0.941. The molecule has 1 aromatic carbocycles. The van der Waals surface area contributed by atoms with Crippen molar-refractivity contribution >= 4 is 12.0 Å². The van der Waals surface area contributed by atoms with Gasteiger partial charge in [0, 0.05) is 12.6 Å². The molecule has 0 spiro atoms. The van der Waals surface area contributed by atoms with Crippen LogP contribution in [0.3, 0.4) is 0 Å². The van der Waals surface area contributed by atoms with Crippen molar-refractivity contribution in [2.45, 2.75) is 20.0 Å². The van der Waals surface area contributed by atoms with Gasteiger partial charge in [-0.05, 0) is 43.3 Å². The fourth-order valence-electron chi connectivity index (χ4n) is 2.11. The van der Waals surface area contributed by atoms with E-state index in [4.69, 9.17) is 9.52 Å². The normalized spacial score (nSPS) is 11.4. The molecule has 110 valence electrons. The van der Waals surface area contributed by atoms with Crippen LogP contribution >= 0.6 is 0 Å². The Morgan fingerprint density at radius 1 is 1.19 bits per heavy atom. The lowest BCUT2D eigenvalue weighted by molar-refractivity contribution is -0.131. The molecule has 4 nitrogen and oxygen atoms in total. The quantitative estimate of drug-likeness (QED) is 0.827. The number of hydrogen-bond donors (Lipinski definition) is 1. The molecule has 0 amide bonds. The van der Waals surface area contributed by atoms with Crippen LogP contribution in [-0.2, 0) is 17.9 Å². The monoisotopic (exact) mass is 285 g/mol. The average molecular weight is 285 g/mol. The summed E-state index contributed by atoms with van der Waals surface area (Å²) < 4.78 is 5.56. The lowest BCUT2D eigenvalue weighted by Crippen LogP contribution is -2.16. The highest BCUT2D eigenvalue weighted by Gasteiger charge is 2.05. The average Bonchev–Trinajstić information content (AvgIpc) is 2.83. The summed E-state index contributed by atoms with van der Waals surface area (Å²) >= 11 is 0. The number of furan rings is 1. The Balaban J connectivity index is 1.92. The summed E-state index contributed by atoms with van der Waals surface area (Å²) in [7, 11) is 2.04. The van der Waals surface area contributed by atoms with Gasteiger partial charge in [-0.15, -0.1) is 0 Å². The predicted octanol–water partition coefficient (Wildman–Crippen LogP) is 3.32. The molecule has 0 atom stereocenters. The van der Waals surface area contributed by atoms with Crippen LogP contribution < -0.4 is 0 Å². The van der Waals surface area contributed by atoms with E-state index in [1.807, 2.05) is 50.4 Å². The number of benzene rings is 1. The van der Waals surface area contributed by atoms with E-state index in [2.05, 4.69) is 4.90 Å². The minimum Gasteiger partial charge on any atom is -0.478 e. The van der Waals surface area contributed by atoms with Crippen LogP contribution in [0.2, 0.25) is 0 Å². The van der Waals surface area contributed by atoms with Crippen LogP contribution in [0.25, 0.3) is 6.08 Å². The molecule has 0 bridgehead atoms. The molecule has 0 saturated heterocycles. The third-order valence-electron chi connectivity index (χ3n) is 3.07. The van der Waals surface area contributed by atoms with E-state index < -0.39 is 5.97 Å². The maximum absolute atomic E-state index is 10.5.